The molecule has 0 saturated carbocycles. The Kier molecular flexibility index (Phi) is 4.92. The van der Waals surface area contributed by atoms with Crippen LogP contribution in [0.3, 0.4) is 0 Å². The molecule has 21 heavy (non-hydrogen) atoms. The van der Waals surface area contributed by atoms with Crippen LogP contribution in [0.4, 0.5) is 0 Å². The first-order valence-electron chi connectivity index (χ1n) is 6.54. The van der Waals surface area contributed by atoms with E-state index in [9.17, 15) is 4.79 Å². The summed E-state index contributed by atoms with van der Waals surface area (Å²) >= 11 is 0. The fourth-order valence-electron chi connectivity index (χ4n) is 1.83. The standard InChI is InChI=1S/C14H17N5O2/c15-13(18-21)11-3-5-12(6-4-11)14(20)16-7-1-9-19-10-2-8-17-19/h2-6,8,10,21H,1,7,9H2,(H2,15,18)(H,16,20). The van der Waals surface area contributed by atoms with Crippen molar-refractivity contribution in [2.75, 3.05) is 6.54 Å². The molecule has 0 unspecified atom stereocenters. The first-order chi connectivity index (χ1) is 10.2. The van der Waals surface area contributed by atoms with Gasteiger partial charge < -0.3 is 16.3 Å². The van der Waals surface area contributed by atoms with E-state index in [4.69, 9.17) is 10.9 Å². The van der Waals surface area contributed by atoms with Crippen molar-refractivity contribution >= 4 is 11.7 Å². The Balaban J connectivity index is 1.80. The maximum atomic E-state index is 11.9. The Bertz CT molecular complexity index is 605. The largest absolute Gasteiger partial charge is 0.409 e. The van der Waals surface area contributed by atoms with E-state index < -0.39 is 0 Å². The molecule has 7 heteroatoms. The van der Waals surface area contributed by atoms with E-state index in [1.807, 2.05) is 16.9 Å². The summed E-state index contributed by atoms with van der Waals surface area (Å²) in [6.07, 6.45) is 4.41. The zero-order valence-corrected chi connectivity index (χ0v) is 11.4. The summed E-state index contributed by atoms with van der Waals surface area (Å²) in [6.45, 7) is 1.33. The van der Waals surface area contributed by atoms with Crippen LogP contribution in [-0.2, 0) is 6.54 Å². The third-order valence-electron chi connectivity index (χ3n) is 2.96. The number of oxime groups is 1. The van der Waals surface area contributed by atoms with Crippen molar-refractivity contribution in [2.45, 2.75) is 13.0 Å². The monoisotopic (exact) mass is 287 g/mol. The minimum Gasteiger partial charge on any atom is -0.409 e. The minimum absolute atomic E-state index is 0.0150. The number of nitrogens with one attached hydrogen (secondary N) is 1. The van der Waals surface area contributed by atoms with Gasteiger partial charge in [0.2, 0.25) is 0 Å². The molecular formula is C14H17N5O2. The number of aromatic nitrogens is 2. The highest BCUT2D eigenvalue weighted by molar-refractivity contribution is 5.99. The minimum atomic E-state index is -0.151. The molecule has 0 atom stereocenters. The van der Waals surface area contributed by atoms with Gasteiger partial charge in [-0.15, -0.1) is 0 Å². The molecule has 4 N–H and O–H groups in total. The van der Waals surface area contributed by atoms with Gasteiger partial charge in [0.15, 0.2) is 5.84 Å². The predicted molar refractivity (Wildman–Crippen MR) is 78.1 cm³/mol. The van der Waals surface area contributed by atoms with Crippen molar-refractivity contribution in [3.63, 3.8) is 0 Å². The highest BCUT2D eigenvalue weighted by atomic mass is 16.4. The lowest BCUT2D eigenvalue weighted by Crippen LogP contribution is -2.25. The Morgan fingerprint density at radius 2 is 2.05 bits per heavy atom. The Hall–Kier alpha value is -2.83. The van der Waals surface area contributed by atoms with Crippen LogP contribution in [0.15, 0.2) is 47.9 Å². The van der Waals surface area contributed by atoms with Crippen LogP contribution >= 0.6 is 0 Å². The molecule has 0 aliphatic rings. The molecule has 1 aromatic heterocycles. The third kappa shape index (κ3) is 4.07. The Morgan fingerprint density at radius 1 is 1.33 bits per heavy atom. The van der Waals surface area contributed by atoms with Crippen LogP contribution < -0.4 is 11.1 Å². The zero-order chi connectivity index (χ0) is 15.1. The smallest absolute Gasteiger partial charge is 0.251 e. The molecule has 1 aromatic carbocycles. The van der Waals surface area contributed by atoms with Crippen molar-refractivity contribution in [2.24, 2.45) is 10.9 Å². The van der Waals surface area contributed by atoms with Gasteiger partial charge >= 0.3 is 0 Å². The number of aryl methyl sites for hydroxylation is 1. The quantitative estimate of drug-likeness (QED) is 0.240. The van der Waals surface area contributed by atoms with Crippen molar-refractivity contribution in [1.29, 1.82) is 0 Å². The summed E-state index contributed by atoms with van der Waals surface area (Å²) in [5, 5.41) is 18.4. The molecule has 0 fully saturated rings. The number of nitrogens with two attached hydrogens (primary N) is 1. The number of nitrogens with zero attached hydrogens (tertiary/aromatic N) is 3. The van der Waals surface area contributed by atoms with Crippen LogP contribution in [0, 0.1) is 0 Å². The van der Waals surface area contributed by atoms with Crippen LogP contribution in [0.1, 0.15) is 22.3 Å². The van der Waals surface area contributed by atoms with Gasteiger partial charge in [0.1, 0.15) is 0 Å². The van der Waals surface area contributed by atoms with Crippen molar-refractivity contribution in [1.82, 2.24) is 15.1 Å². The van der Waals surface area contributed by atoms with E-state index in [2.05, 4.69) is 15.6 Å². The van der Waals surface area contributed by atoms with Crippen molar-refractivity contribution < 1.29 is 10.0 Å². The van der Waals surface area contributed by atoms with E-state index in [1.54, 1.807) is 30.5 Å². The molecular weight excluding hydrogens is 270 g/mol. The van der Waals surface area contributed by atoms with Crippen LogP contribution in [0.2, 0.25) is 0 Å². The molecule has 2 rings (SSSR count). The van der Waals surface area contributed by atoms with E-state index in [0.29, 0.717) is 17.7 Å². The first kappa shape index (κ1) is 14.6. The topological polar surface area (TPSA) is 106 Å². The van der Waals surface area contributed by atoms with E-state index in [-0.39, 0.29) is 11.7 Å². The number of hydrogen-bond donors (Lipinski definition) is 3. The lowest BCUT2D eigenvalue weighted by Gasteiger charge is -2.06. The zero-order valence-electron chi connectivity index (χ0n) is 11.4. The summed E-state index contributed by atoms with van der Waals surface area (Å²) < 4.78 is 1.82. The molecule has 0 aliphatic carbocycles. The Labute approximate surface area is 122 Å². The van der Waals surface area contributed by atoms with E-state index in [0.717, 1.165) is 13.0 Å². The molecule has 110 valence electrons. The van der Waals surface area contributed by atoms with Gasteiger partial charge in [0.05, 0.1) is 0 Å². The van der Waals surface area contributed by atoms with Gasteiger partial charge in [-0.2, -0.15) is 5.10 Å². The Morgan fingerprint density at radius 3 is 2.67 bits per heavy atom. The summed E-state index contributed by atoms with van der Waals surface area (Å²) in [6, 6.07) is 8.40. The molecule has 2 aromatic rings. The molecule has 1 amide bonds. The van der Waals surface area contributed by atoms with Gasteiger partial charge in [0.25, 0.3) is 5.91 Å². The lowest BCUT2D eigenvalue weighted by atomic mass is 10.1. The molecule has 7 nitrogen and oxygen atoms in total. The highest BCUT2D eigenvalue weighted by Crippen LogP contribution is 2.04. The lowest BCUT2D eigenvalue weighted by molar-refractivity contribution is 0.0952. The molecule has 0 spiro atoms. The average Bonchev–Trinajstić information content (AvgIpc) is 3.04. The molecule has 0 radical (unpaired) electrons. The maximum absolute atomic E-state index is 11.9. The summed E-state index contributed by atoms with van der Waals surface area (Å²) in [4.78, 5) is 11.9. The summed E-state index contributed by atoms with van der Waals surface area (Å²) in [5.41, 5.74) is 6.55. The third-order valence-corrected chi connectivity index (χ3v) is 2.96. The van der Waals surface area contributed by atoms with E-state index in [1.165, 1.54) is 0 Å². The summed E-state index contributed by atoms with van der Waals surface area (Å²) in [7, 11) is 0. The van der Waals surface area contributed by atoms with Gasteiger partial charge in [-0.05, 0) is 24.6 Å². The van der Waals surface area contributed by atoms with Gasteiger partial charge in [-0.3, -0.25) is 9.48 Å². The van der Waals surface area contributed by atoms with Crippen molar-refractivity contribution in [3.05, 3.63) is 53.9 Å². The fraction of sp³-hybridized carbons (Fsp3) is 0.214. The normalized spacial score (nSPS) is 11.3. The highest BCUT2D eigenvalue weighted by Gasteiger charge is 2.06. The van der Waals surface area contributed by atoms with Crippen LogP contribution in [0.5, 0.6) is 0 Å². The predicted octanol–water partition coefficient (Wildman–Crippen LogP) is 0.798. The second-order valence-electron chi connectivity index (χ2n) is 4.44. The van der Waals surface area contributed by atoms with Gasteiger partial charge in [0, 0.05) is 36.6 Å². The van der Waals surface area contributed by atoms with Crippen molar-refractivity contribution in [3.8, 4) is 0 Å². The van der Waals surface area contributed by atoms with Crippen LogP contribution in [-0.4, -0.2) is 33.3 Å². The maximum Gasteiger partial charge on any atom is 0.251 e. The first-order valence-corrected chi connectivity index (χ1v) is 6.54. The van der Waals surface area contributed by atoms with Gasteiger partial charge in [-0.1, -0.05) is 17.3 Å². The number of carbonyl (C=O) groups is 1. The summed E-state index contributed by atoms with van der Waals surface area (Å²) in [5.74, 6) is -0.136. The number of carbonyl (C=O) groups excluding carboxylic acids is 1. The molecule has 0 aliphatic heterocycles. The molecule has 0 bridgehead atoms. The molecule has 0 saturated heterocycles. The average molecular weight is 287 g/mol. The van der Waals surface area contributed by atoms with Gasteiger partial charge in [-0.25, -0.2) is 0 Å². The number of amides is 1. The van der Waals surface area contributed by atoms with E-state index >= 15 is 0 Å². The number of amidine groups is 1. The molecule has 1 heterocycles. The fourth-order valence-corrected chi connectivity index (χ4v) is 1.83. The second-order valence-corrected chi connectivity index (χ2v) is 4.44. The second kappa shape index (κ2) is 7.09. The number of benzene rings is 1. The SMILES string of the molecule is N/C(=N/O)c1ccc(C(=O)NCCCn2cccn2)cc1. The number of rotatable bonds is 6. The van der Waals surface area contributed by atoms with Crippen LogP contribution in [0.25, 0.3) is 0 Å². The number of hydrogen-bond acceptors (Lipinski definition) is 4.